The van der Waals surface area contributed by atoms with E-state index in [-0.39, 0.29) is 16.8 Å². The standard InChI is InChI=1S/C64H56F12N4.Co/c1-9-41-42(10-2)54-50(34-19-27-38(28-20-34)62(68,69)70)56-45(13-5)46(14-6)58(79-56)52(36-23-31-40(32-24-36)64(74,75)76)60-48(16-8)47(15-7)59(80-60)51(35-21-29-39(30-22-35)63(71,72)73)57-44(12-4)43(11-3)55(78-57)49(53(41)77-54)33-17-25-37(26-18-33)61(65,66)67;/h17-32H,9-16H2,1-8H3;. The molecule has 0 N–H and O–H groups in total. The predicted molar refractivity (Wildman–Crippen MR) is 282 cm³/mol. The maximum Gasteiger partial charge on any atom is 0.417 e. The fourth-order valence-electron chi connectivity index (χ4n) is 11.7. The van der Waals surface area contributed by atoms with Gasteiger partial charge in [0, 0.05) is 185 Å². The number of nitrogens with zero attached hydrogens (tertiary/aromatic N) is 4. The molecule has 5 heterocycles. The van der Waals surface area contributed by atoms with Crippen LogP contribution in [0.1, 0.15) is 190 Å². The molecule has 17 heteroatoms. The van der Waals surface area contributed by atoms with Gasteiger partial charge in [-0.3, -0.25) is 0 Å². The SMILES string of the molecule is CCc1c2[n-]c(c1CC)[C+](c1ccc(C(F)(F)F)cc1)c1[n-]c(c(CC)c1CC)[C+](c1ccc(C(F)(F)F)cc1)c1[n-]c(c(CC)c1CC)[C+](c1ccc(C(F)(F)F)cc1)c1[n-]c(c(CC)c1CC)[C+]2c1ccc(C(F)(F)F)cc1.[Co]. The Balaban J connectivity index is 0.00000860. The number of benzene rings is 4. The zero-order valence-electron chi connectivity index (χ0n) is 45.6. The number of rotatable bonds is 12. The summed E-state index contributed by atoms with van der Waals surface area (Å²) in [6, 6.07) is 18.7. The Kier molecular flexibility index (Phi) is 17.0. The van der Waals surface area contributed by atoms with Crippen LogP contribution in [0.4, 0.5) is 52.7 Å². The Morgan fingerprint density at radius 1 is 0.247 bits per heavy atom. The van der Waals surface area contributed by atoms with E-state index in [0.717, 1.165) is 48.5 Å². The van der Waals surface area contributed by atoms with Crippen LogP contribution < -0.4 is 19.9 Å². The van der Waals surface area contributed by atoms with Gasteiger partial charge in [0.05, 0.1) is 44.5 Å². The molecule has 0 amide bonds. The molecule has 0 saturated carbocycles. The molecule has 8 bridgehead atoms. The van der Waals surface area contributed by atoms with Gasteiger partial charge in [-0.1, -0.05) is 55.4 Å². The van der Waals surface area contributed by atoms with Gasteiger partial charge in [-0.15, -0.1) is 0 Å². The van der Waals surface area contributed by atoms with Crippen molar-refractivity contribution in [3.05, 3.63) is 255 Å². The van der Waals surface area contributed by atoms with Crippen molar-refractivity contribution in [1.29, 1.82) is 0 Å². The average Bonchev–Trinajstić information content (AvgIpc) is 4.40. The monoisotopic (exact) mass is 1170 g/mol. The first-order chi connectivity index (χ1) is 37.9. The fourth-order valence-corrected chi connectivity index (χ4v) is 11.7. The summed E-state index contributed by atoms with van der Waals surface area (Å²) in [5.74, 6) is 1.44. The second-order valence-electron chi connectivity index (χ2n) is 19.7. The van der Waals surface area contributed by atoms with Crippen molar-refractivity contribution < 1.29 is 69.5 Å². The van der Waals surface area contributed by atoms with Crippen LogP contribution in [-0.4, -0.2) is 0 Å². The van der Waals surface area contributed by atoms with E-state index in [2.05, 4.69) is 0 Å². The van der Waals surface area contributed by atoms with Crippen molar-refractivity contribution in [3.63, 3.8) is 0 Å². The van der Waals surface area contributed by atoms with Crippen LogP contribution >= 0.6 is 0 Å². The zero-order chi connectivity index (χ0) is 58.0. The molecule has 8 aromatic rings. The first-order valence-electron chi connectivity index (χ1n) is 26.8. The van der Waals surface area contributed by atoms with E-state index in [0.29, 0.717) is 187 Å². The number of fused-ring (bicyclic) bond motifs is 8. The molecule has 0 unspecified atom stereocenters. The second kappa shape index (κ2) is 22.8. The van der Waals surface area contributed by atoms with Gasteiger partial charge in [0.25, 0.3) is 0 Å². The van der Waals surface area contributed by atoms with Crippen molar-refractivity contribution in [2.24, 2.45) is 0 Å². The van der Waals surface area contributed by atoms with E-state index in [9.17, 15) is 52.7 Å². The second-order valence-corrected chi connectivity index (χ2v) is 19.7. The van der Waals surface area contributed by atoms with Crippen molar-refractivity contribution in [2.75, 3.05) is 0 Å². The minimum Gasteiger partial charge on any atom is -0.628 e. The van der Waals surface area contributed by atoms with Crippen LogP contribution in [0.5, 0.6) is 0 Å². The Morgan fingerprint density at radius 2 is 0.370 bits per heavy atom. The fraction of sp³-hybridized carbons (Fsp3) is 0.312. The molecule has 4 nitrogen and oxygen atoms in total. The van der Waals surface area contributed by atoms with Gasteiger partial charge in [0.15, 0.2) is 0 Å². The Bertz CT molecular complexity index is 2900. The smallest absolute Gasteiger partial charge is 0.417 e. The summed E-state index contributed by atoms with van der Waals surface area (Å²) in [5.41, 5.74) is 5.89. The molecule has 1 aliphatic heterocycles. The van der Waals surface area contributed by atoms with Crippen LogP contribution in [0, 0.1) is 23.7 Å². The molecule has 0 fully saturated rings. The molecule has 1 aliphatic rings. The van der Waals surface area contributed by atoms with Crippen molar-refractivity contribution >= 4 is 0 Å². The molecule has 81 heavy (non-hydrogen) atoms. The van der Waals surface area contributed by atoms with E-state index in [1.807, 2.05) is 55.4 Å². The van der Waals surface area contributed by atoms with Crippen molar-refractivity contribution in [1.82, 2.24) is 19.9 Å². The summed E-state index contributed by atoms with van der Waals surface area (Å²) in [6.07, 6.45) is -16.2. The van der Waals surface area contributed by atoms with E-state index in [1.54, 1.807) is 0 Å². The first kappa shape index (κ1) is 60.2. The molecule has 0 spiro atoms. The number of alkyl halides is 12. The molecule has 425 valence electrons. The van der Waals surface area contributed by atoms with Crippen molar-refractivity contribution in [3.8, 4) is 0 Å². The van der Waals surface area contributed by atoms with Gasteiger partial charge in [-0.2, -0.15) is 52.7 Å². The molecule has 4 aromatic heterocycles. The summed E-state index contributed by atoms with van der Waals surface area (Å²) in [6.45, 7) is 15.2. The molecule has 0 atom stereocenters. The van der Waals surface area contributed by atoms with Gasteiger partial charge >= 0.3 is 24.7 Å². The Hall–Kier alpha value is -6.85. The minimum atomic E-state index is -4.70. The van der Waals surface area contributed by atoms with E-state index in [4.69, 9.17) is 19.9 Å². The predicted octanol–water partition coefficient (Wildman–Crippen LogP) is 16.5. The van der Waals surface area contributed by atoms with Gasteiger partial charge in [0.1, 0.15) is 0 Å². The summed E-state index contributed by atoms with van der Waals surface area (Å²) < 4.78 is 173. The van der Waals surface area contributed by atoms with Gasteiger partial charge in [-0.05, 0) is 94.1 Å². The van der Waals surface area contributed by atoms with Gasteiger partial charge < -0.3 is 19.9 Å². The number of aromatic nitrogens is 4. The van der Waals surface area contributed by atoms with E-state index >= 15 is 0 Å². The summed E-state index contributed by atoms with van der Waals surface area (Å²) in [5, 5.41) is 0. The van der Waals surface area contributed by atoms with Crippen LogP contribution in [0.2, 0.25) is 0 Å². The third kappa shape index (κ3) is 10.8. The van der Waals surface area contributed by atoms with E-state index in [1.165, 1.54) is 48.5 Å². The summed E-state index contributed by atoms with van der Waals surface area (Å²) in [7, 11) is 0. The largest absolute Gasteiger partial charge is 0.628 e. The number of hydrogen-bond donors (Lipinski definition) is 0. The molecular weight excluding hydrogens is 1110 g/mol. The average molecular weight is 1170 g/mol. The van der Waals surface area contributed by atoms with Gasteiger partial charge in [0.2, 0.25) is 0 Å². The number of halogens is 12. The van der Waals surface area contributed by atoms with Crippen LogP contribution in [0.3, 0.4) is 0 Å². The summed E-state index contributed by atoms with van der Waals surface area (Å²) in [4.78, 5) is 22.1. The topological polar surface area (TPSA) is 56.4 Å². The first-order valence-corrected chi connectivity index (χ1v) is 26.8. The molecule has 0 aliphatic carbocycles. The normalized spacial score (nSPS) is 13.4. The van der Waals surface area contributed by atoms with Crippen molar-refractivity contribution in [2.45, 2.75) is 131 Å². The molecule has 0 saturated heterocycles. The third-order valence-corrected chi connectivity index (χ3v) is 15.4. The Labute approximate surface area is 474 Å². The molecule has 4 aromatic carbocycles. The minimum absolute atomic E-state index is 0. The third-order valence-electron chi connectivity index (χ3n) is 15.4. The Morgan fingerprint density at radius 3 is 0.469 bits per heavy atom. The van der Waals surface area contributed by atoms with Crippen LogP contribution in [0.25, 0.3) is 0 Å². The van der Waals surface area contributed by atoms with Crippen LogP contribution in [-0.2, 0) is 92.9 Å². The quantitative estimate of drug-likeness (QED) is 0.0904. The molecule has 9 rings (SSSR count). The molecule has 1 radical (unpaired) electrons. The molecular formula is C64H56CoF12N4. The summed E-state index contributed by atoms with van der Waals surface area (Å²) >= 11 is 0. The maximum atomic E-state index is 14.4. The van der Waals surface area contributed by atoms with E-state index < -0.39 is 47.0 Å². The maximum absolute atomic E-state index is 14.4. The van der Waals surface area contributed by atoms with Crippen LogP contribution in [0.15, 0.2) is 97.1 Å². The zero-order valence-corrected chi connectivity index (χ0v) is 46.6. The number of hydrogen-bond acceptors (Lipinski definition) is 0. The van der Waals surface area contributed by atoms with Gasteiger partial charge in [-0.25, -0.2) is 0 Å².